The van der Waals surface area contributed by atoms with E-state index in [9.17, 15) is 18.3 Å². The number of nitrogens with zero attached hydrogens (tertiary/aromatic N) is 1. The summed E-state index contributed by atoms with van der Waals surface area (Å²) in [5, 5.41) is 20.0. The number of aliphatic hydroxyl groups is 1. The van der Waals surface area contributed by atoms with Gasteiger partial charge in [-0.15, -0.1) is 11.3 Å². The summed E-state index contributed by atoms with van der Waals surface area (Å²) in [5.74, 6) is 5.28. The maximum Gasteiger partial charge on any atom is 0.264 e. The summed E-state index contributed by atoms with van der Waals surface area (Å²) >= 11 is 1.41. The number of nitrogens with one attached hydrogen (secondary N) is 1. The molecule has 3 aromatic rings. The van der Waals surface area contributed by atoms with E-state index in [1.807, 2.05) is 42.5 Å². The molecule has 1 fully saturated rings. The van der Waals surface area contributed by atoms with Crippen LogP contribution in [0.25, 0.3) is 10.2 Å². The molecule has 0 bridgehead atoms. The third-order valence-electron chi connectivity index (χ3n) is 6.10. The molecule has 1 amide bonds. The zero-order valence-corrected chi connectivity index (χ0v) is 20.3. The molecule has 1 aliphatic rings. The number of carbonyl (C=O) groups excluding carboxylic acids is 1. The Kier molecular flexibility index (Phi) is 6.50. The molecule has 1 atom stereocenters. The Morgan fingerprint density at radius 1 is 1.21 bits per heavy atom. The van der Waals surface area contributed by atoms with Crippen LogP contribution in [0.5, 0.6) is 0 Å². The third kappa shape index (κ3) is 4.71. The fourth-order valence-corrected chi connectivity index (χ4v) is 5.42. The number of hydroxylamine groups is 1. The Labute approximate surface area is 201 Å². The average Bonchev–Trinajstić information content (AvgIpc) is 3.21. The van der Waals surface area contributed by atoms with Crippen molar-refractivity contribution in [2.45, 2.75) is 30.1 Å². The minimum atomic E-state index is -3.76. The van der Waals surface area contributed by atoms with Gasteiger partial charge in [0.1, 0.15) is 10.3 Å². The first-order valence-electron chi connectivity index (χ1n) is 10.5. The molecule has 0 spiro atoms. The van der Waals surface area contributed by atoms with Gasteiger partial charge in [-0.05, 0) is 49.2 Å². The van der Waals surface area contributed by atoms with E-state index in [0.717, 1.165) is 33.2 Å². The second-order valence-corrected chi connectivity index (χ2v) is 12.1. The van der Waals surface area contributed by atoms with Gasteiger partial charge in [0.15, 0.2) is 9.84 Å². The van der Waals surface area contributed by atoms with E-state index < -0.39 is 26.1 Å². The van der Waals surface area contributed by atoms with Crippen LogP contribution in [0.1, 0.15) is 35.0 Å². The summed E-state index contributed by atoms with van der Waals surface area (Å²) in [6.07, 6.45) is 1.23. The average molecular weight is 501 g/mol. The van der Waals surface area contributed by atoms with E-state index >= 15 is 0 Å². The third-order valence-corrected chi connectivity index (χ3v) is 9.21. The summed E-state index contributed by atoms with van der Waals surface area (Å²) in [7, 11) is -3.76. The van der Waals surface area contributed by atoms with Crippen LogP contribution in [0.2, 0.25) is 0 Å². The molecule has 1 aromatic heterocycles. The predicted molar refractivity (Wildman–Crippen MR) is 128 cm³/mol. The molecule has 1 aliphatic heterocycles. The molecule has 2 aromatic carbocycles. The lowest BCUT2D eigenvalue weighted by Gasteiger charge is -2.36. The second kappa shape index (κ2) is 9.09. The Bertz CT molecular complexity index is 1400. The molecule has 8 nitrogen and oxygen atoms in total. The van der Waals surface area contributed by atoms with Crippen molar-refractivity contribution in [1.29, 1.82) is 0 Å². The highest BCUT2D eigenvalue weighted by Gasteiger charge is 2.43. The number of amides is 1. The fraction of sp³-hybridized carbons (Fsp3) is 0.333. The number of aromatic nitrogens is 1. The quantitative estimate of drug-likeness (QED) is 0.269. The Balaban J connectivity index is 1.49. The Morgan fingerprint density at radius 3 is 2.44 bits per heavy atom. The van der Waals surface area contributed by atoms with Gasteiger partial charge < -0.3 is 9.84 Å². The van der Waals surface area contributed by atoms with E-state index in [4.69, 9.17) is 9.94 Å². The molecule has 1 saturated heterocycles. The van der Waals surface area contributed by atoms with Crippen LogP contribution in [0, 0.1) is 11.8 Å². The number of aryl methyl sites for hydroxylation is 1. The standard InChI is InChI=1S/C24H24N2O6S2/c1-23(22(27)26-29,34(2,30)31)12-11-21-25-19-10-7-17(13-20(19)33-21)4-3-16-5-8-18(9-6-16)24(28)14-32-15-24/h5-10,13,28-29H,11-12,14-15H2,1-2H3,(H,26,27). The van der Waals surface area contributed by atoms with Crippen LogP contribution in [0.15, 0.2) is 42.5 Å². The maximum absolute atomic E-state index is 12.1. The molecule has 178 valence electrons. The highest BCUT2D eigenvalue weighted by atomic mass is 32.2. The van der Waals surface area contributed by atoms with E-state index in [1.165, 1.54) is 23.7 Å². The lowest BCUT2D eigenvalue weighted by molar-refractivity contribution is -0.184. The maximum atomic E-state index is 12.1. The van der Waals surface area contributed by atoms with Crippen LogP contribution >= 0.6 is 11.3 Å². The molecule has 34 heavy (non-hydrogen) atoms. The molecule has 10 heteroatoms. The molecular formula is C24H24N2O6S2. The van der Waals surface area contributed by atoms with Crippen molar-refractivity contribution in [3.05, 3.63) is 64.2 Å². The minimum absolute atomic E-state index is 0.0119. The number of carbonyl (C=O) groups is 1. The SMILES string of the molecule is CC(CCc1nc2ccc(C#Cc3ccc(C4(O)COC4)cc3)cc2s1)(C(=O)NO)S(C)(=O)=O. The van der Waals surface area contributed by atoms with Crippen molar-refractivity contribution in [3.8, 4) is 11.8 Å². The van der Waals surface area contributed by atoms with Gasteiger partial charge in [-0.1, -0.05) is 24.0 Å². The van der Waals surface area contributed by atoms with Gasteiger partial charge in [0, 0.05) is 23.8 Å². The lowest BCUT2D eigenvalue weighted by atomic mass is 9.91. The molecule has 1 unspecified atom stereocenters. The van der Waals surface area contributed by atoms with Gasteiger partial charge in [0.25, 0.3) is 5.91 Å². The van der Waals surface area contributed by atoms with Crippen LogP contribution in [-0.2, 0) is 31.4 Å². The second-order valence-electron chi connectivity index (χ2n) is 8.59. The van der Waals surface area contributed by atoms with Crippen molar-refractivity contribution in [2.75, 3.05) is 19.5 Å². The first kappa shape index (κ1) is 24.3. The van der Waals surface area contributed by atoms with Crippen molar-refractivity contribution in [2.24, 2.45) is 0 Å². The van der Waals surface area contributed by atoms with Crippen LogP contribution < -0.4 is 5.48 Å². The summed E-state index contributed by atoms with van der Waals surface area (Å²) in [6.45, 7) is 1.90. The first-order valence-corrected chi connectivity index (χ1v) is 13.2. The molecule has 0 aliphatic carbocycles. The Hall–Kier alpha value is -2.81. The van der Waals surface area contributed by atoms with Gasteiger partial charge in [0.05, 0.1) is 28.4 Å². The summed E-state index contributed by atoms with van der Waals surface area (Å²) in [6, 6.07) is 13.1. The molecule has 4 rings (SSSR count). The van der Waals surface area contributed by atoms with Crippen molar-refractivity contribution in [3.63, 3.8) is 0 Å². The highest BCUT2D eigenvalue weighted by molar-refractivity contribution is 7.92. The number of hydrogen-bond donors (Lipinski definition) is 3. The number of thiazole rings is 1. The zero-order valence-electron chi connectivity index (χ0n) is 18.7. The number of sulfone groups is 1. The van der Waals surface area contributed by atoms with Gasteiger partial charge in [-0.3, -0.25) is 10.0 Å². The monoisotopic (exact) mass is 500 g/mol. The van der Waals surface area contributed by atoms with Gasteiger partial charge >= 0.3 is 0 Å². The minimum Gasteiger partial charge on any atom is -0.380 e. The Morgan fingerprint density at radius 2 is 1.85 bits per heavy atom. The first-order chi connectivity index (χ1) is 16.0. The van der Waals surface area contributed by atoms with Crippen molar-refractivity contribution in [1.82, 2.24) is 10.5 Å². The zero-order chi connectivity index (χ0) is 24.6. The van der Waals surface area contributed by atoms with Crippen molar-refractivity contribution < 1.29 is 28.3 Å². The summed E-state index contributed by atoms with van der Waals surface area (Å²) < 4.78 is 28.5. The fourth-order valence-electron chi connectivity index (χ4n) is 3.56. The normalized spacial score (nSPS) is 16.7. The number of ether oxygens (including phenoxy) is 1. The lowest BCUT2D eigenvalue weighted by Crippen LogP contribution is -2.49. The van der Waals surface area contributed by atoms with Gasteiger partial charge in [-0.25, -0.2) is 18.9 Å². The van der Waals surface area contributed by atoms with Crippen LogP contribution in [0.4, 0.5) is 0 Å². The predicted octanol–water partition coefficient (Wildman–Crippen LogP) is 2.16. The number of hydrogen-bond acceptors (Lipinski definition) is 8. The summed E-state index contributed by atoms with van der Waals surface area (Å²) in [5.41, 5.74) is 3.75. The van der Waals surface area contributed by atoms with Crippen LogP contribution in [0.3, 0.4) is 0 Å². The van der Waals surface area contributed by atoms with E-state index in [0.29, 0.717) is 18.2 Å². The van der Waals surface area contributed by atoms with E-state index in [1.54, 1.807) is 0 Å². The largest absolute Gasteiger partial charge is 0.380 e. The van der Waals surface area contributed by atoms with Gasteiger partial charge in [0.2, 0.25) is 0 Å². The van der Waals surface area contributed by atoms with Crippen LogP contribution in [-0.4, -0.2) is 53.8 Å². The molecule has 2 heterocycles. The molecule has 3 N–H and O–H groups in total. The molecule has 0 radical (unpaired) electrons. The molecule has 0 saturated carbocycles. The highest BCUT2D eigenvalue weighted by Crippen LogP contribution is 2.30. The topological polar surface area (TPSA) is 126 Å². The smallest absolute Gasteiger partial charge is 0.264 e. The van der Waals surface area contributed by atoms with Gasteiger partial charge in [-0.2, -0.15) is 0 Å². The number of benzene rings is 2. The summed E-state index contributed by atoms with van der Waals surface area (Å²) in [4.78, 5) is 16.5. The van der Waals surface area contributed by atoms with Crippen molar-refractivity contribution >= 4 is 37.3 Å². The van der Waals surface area contributed by atoms with E-state index in [-0.39, 0.29) is 12.8 Å². The van der Waals surface area contributed by atoms with E-state index in [2.05, 4.69) is 16.8 Å². The number of fused-ring (bicyclic) bond motifs is 1. The number of rotatable bonds is 6. The molecular weight excluding hydrogens is 476 g/mol.